The number of rotatable bonds is 9. The Bertz CT molecular complexity index is 477. The molecule has 0 aromatic rings. The Morgan fingerprint density at radius 3 is 1.82 bits per heavy atom. The van der Waals surface area contributed by atoms with E-state index in [0.717, 1.165) is 0 Å². The van der Waals surface area contributed by atoms with Gasteiger partial charge in [-0.25, -0.2) is 4.79 Å². The Morgan fingerprint density at radius 1 is 0.955 bits per heavy atom. The molecule has 0 heterocycles. The lowest BCUT2D eigenvalue weighted by Crippen LogP contribution is -2.55. The third-order valence-corrected chi connectivity index (χ3v) is 2.45. The third kappa shape index (κ3) is 7.19. The topological polar surface area (TPSA) is 202 Å². The van der Waals surface area contributed by atoms with Crippen molar-refractivity contribution in [2.24, 2.45) is 11.5 Å². The van der Waals surface area contributed by atoms with Crippen LogP contribution in [0.3, 0.4) is 0 Å². The fraction of sp³-hybridized carbons (Fsp3) is 0.545. The molecular weight excluding hydrogens is 300 g/mol. The van der Waals surface area contributed by atoms with E-state index in [9.17, 15) is 24.0 Å². The van der Waals surface area contributed by atoms with Crippen molar-refractivity contribution < 1.29 is 34.2 Å². The van der Waals surface area contributed by atoms with E-state index in [-0.39, 0.29) is 0 Å². The minimum Gasteiger partial charge on any atom is -0.481 e. The van der Waals surface area contributed by atoms with Gasteiger partial charge in [0.15, 0.2) is 0 Å². The van der Waals surface area contributed by atoms with Crippen LogP contribution >= 0.6 is 0 Å². The molecule has 124 valence electrons. The minimum absolute atomic E-state index is 0.594. The second-order valence-corrected chi connectivity index (χ2v) is 4.52. The molecule has 0 spiro atoms. The van der Waals surface area contributed by atoms with Gasteiger partial charge in [-0.1, -0.05) is 0 Å². The number of carbonyl (C=O) groups is 5. The Morgan fingerprint density at radius 2 is 1.45 bits per heavy atom. The Kier molecular flexibility index (Phi) is 7.52. The van der Waals surface area contributed by atoms with Gasteiger partial charge >= 0.3 is 11.9 Å². The van der Waals surface area contributed by atoms with Crippen LogP contribution in [0.2, 0.25) is 0 Å². The second kappa shape index (κ2) is 8.56. The molecule has 0 aromatic heterocycles. The van der Waals surface area contributed by atoms with Crippen molar-refractivity contribution in [3.05, 3.63) is 0 Å². The normalized spacial score (nSPS) is 14.3. The molecule has 3 atom stereocenters. The van der Waals surface area contributed by atoms with Gasteiger partial charge in [-0.15, -0.1) is 0 Å². The van der Waals surface area contributed by atoms with Crippen molar-refractivity contribution in [1.29, 1.82) is 0 Å². The van der Waals surface area contributed by atoms with Crippen molar-refractivity contribution in [1.82, 2.24) is 10.6 Å². The Labute approximate surface area is 125 Å². The van der Waals surface area contributed by atoms with Crippen LogP contribution in [-0.2, 0) is 24.0 Å². The summed E-state index contributed by atoms with van der Waals surface area (Å²) in [6, 6.07) is -4.14. The summed E-state index contributed by atoms with van der Waals surface area (Å²) >= 11 is 0. The molecule has 0 saturated carbocycles. The molecule has 0 aromatic carbocycles. The van der Waals surface area contributed by atoms with Crippen molar-refractivity contribution in [2.45, 2.75) is 37.9 Å². The average Bonchev–Trinajstić information content (AvgIpc) is 2.35. The second-order valence-electron chi connectivity index (χ2n) is 4.52. The predicted octanol–water partition coefficient (Wildman–Crippen LogP) is -3.26. The first-order valence-corrected chi connectivity index (χ1v) is 6.13. The number of carboxylic acids is 2. The Hall–Kier alpha value is -2.69. The predicted molar refractivity (Wildman–Crippen MR) is 71.2 cm³/mol. The van der Waals surface area contributed by atoms with Gasteiger partial charge in [-0.2, -0.15) is 0 Å². The molecule has 11 heteroatoms. The van der Waals surface area contributed by atoms with Crippen LogP contribution in [0.4, 0.5) is 0 Å². The van der Waals surface area contributed by atoms with Crippen LogP contribution in [0.25, 0.3) is 0 Å². The van der Waals surface area contributed by atoms with Crippen LogP contribution in [0, 0.1) is 0 Å². The number of carboxylic acid groups (broad SMARTS) is 2. The van der Waals surface area contributed by atoms with Crippen LogP contribution in [0.15, 0.2) is 0 Å². The molecule has 0 aliphatic rings. The van der Waals surface area contributed by atoms with Crippen LogP contribution < -0.4 is 22.1 Å². The number of hydrogen-bond donors (Lipinski definition) is 6. The van der Waals surface area contributed by atoms with Crippen LogP contribution in [0.5, 0.6) is 0 Å². The number of amides is 3. The molecule has 3 unspecified atom stereocenters. The summed E-state index contributed by atoms with van der Waals surface area (Å²) in [4.78, 5) is 55.7. The number of hydrogen-bond acceptors (Lipinski definition) is 6. The van der Waals surface area contributed by atoms with E-state index >= 15 is 0 Å². The van der Waals surface area contributed by atoms with E-state index in [0.29, 0.717) is 0 Å². The molecule has 0 rings (SSSR count). The number of primary amides is 1. The average molecular weight is 318 g/mol. The van der Waals surface area contributed by atoms with Gasteiger partial charge in [-0.05, 0) is 6.92 Å². The number of nitrogens with one attached hydrogen (secondary N) is 2. The standard InChI is InChI=1S/C11H18N4O7/c1-4(12)9(19)14-5(2-7(13)16)10(20)15-6(11(21)22)3-8(17)18/h4-6H,2-3,12H2,1H3,(H2,13,16)(H,14,19)(H,15,20)(H,17,18)(H,21,22). The first-order chi connectivity index (χ1) is 10.0. The summed E-state index contributed by atoms with van der Waals surface area (Å²) in [5.74, 6) is -5.76. The molecule has 11 nitrogen and oxygen atoms in total. The molecule has 0 bridgehead atoms. The number of carbonyl (C=O) groups excluding carboxylic acids is 3. The SMILES string of the molecule is CC(N)C(=O)NC(CC(N)=O)C(=O)NC(CC(=O)O)C(=O)O. The summed E-state index contributed by atoms with van der Waals surface area (Å²) in [6.07, 6.45) is -1.46. The maximum absolute atomic E-state index is 11.9. The summed E-state index contributed by atoms with van der Waals surface area (Å²) in [5, 5.41) is 21.4. The van der Waals surface area contributed by atoms with Crippen LogP contribution in [0.1, 0.15) is 19.8 Å². The van der Waals surface area contributed by atoms with Crippen molar-refractivity contribution >= 4 is 29.7 Å². The zero-order valence-electron chi connectivity index (χ0n) is 11.7. The molecule has 0 aliphatic heterocycles. The molecule has 8 N–H and O–H groups in total. The molecule has 0 radical (unpaired) electrons. The first-order valence-electron chi connectivity index (χ1n) is 6.13. The van der Waals surface area contributed by atoms with E-state index in [2.05, 4.69) is 5.32 Å². The fourth-order valence-corrected chi connectivity index (χ4v) is 1.36. The lowest BCUT2D eigenvalue weighted by atomic mass is 10.1. The monoisotopic (exact) mass is 318 g/mol. The van der Waals surface area contributed by atoms with Gasteiger partial charge in [0.25, 0.3) is 0 Å². The van der Waals surface area contributed by atoms with Crippen molar-refractivity contribution in [3.63, 3.8) is 0 Å². The van der Waals surface area contributed by atoms with E-state index in [1.807, 2.05) is 5.32 Å². The highest BCUT2D eigenvalue weighted by Crippen LogP contribution is 1.98. The van der Waals surface area contributed by atoms with Gasteiger partial charge in [0.05, 0.1) is 18.9 Å². The van der Waals surface area contributed by atoms with E-state index in [4.69, 9.17) is 21.7 Å². The zero-order valence-corrected chi connectivity index (χ0v) is 11.7. The lowest BCUT2D eigenvalue weighted by Gasteiger charge is -2.20. The third-order valence-electron chi connectivity index (χ3n) is 2.45. The zero-order chi connectivity index (χ0) is 17.4. The minimum atomic E-state index is -1.72. The highest BCUT2D eigenvalue weighted by molar-refractivity contribution is 5.95. The molecule has 0 aliphatic carbocycles. The molecule has 0 saturated heterocycles. The molecule has 0 fully saturated rings. The summed E-state index contributed by atoms with van der Waals surface area (Å²) in [6.45, 7) is 1.33. The van der Waals surface area contributed by atoms with Crippen molar-refractivity contribution in [2.75, 3.05) is 0 Å². The Balaban J connectivity index is 5.00. The quantitative estimate of drug-likeness (QED) is 0.254. The van der Waals surface area contributed by atoms with Gasteiger partial charge in [0.1, 0.15) is 12.1 Å². The number of aliphatic carboxylic acids is 2. The summed E-state index contributed by atoms with van der Waals surface area (Å²) in [5.41, 5.74) is 10.2. The summed E-state index contributed by atoms with van der Waals surface area (Å²) < 4.78 is 0. The maximum Gasteiger partial charge on any atom is 0.326 e. The number of nitrogens with two attached hydrogens (primary N) is 2. The maximum atomic E-state index is 11.9. The summed E-state index contributed by atoms with van der Waals surface area (Å²) in [7, 11) is 0. The lowest BCUT2D eigenvalue weighted by molar-refractivity contribution is -0.147. The molecular formula is C11H18N4O7. The van der Waals surface area contributed by atoms with Gasteiger partial charge < -0.3 is 32.3 Å². The fourth-order valence-electron chi connectivity index (χ4n) is 1.36. The molecule has 22 heavy (non-hydrogen) atoms. The first kappa shape index (κ1) is 19.3. The van der Waals surface area contributed by atoms with Gasteiger partial charge in [0, 0.05) is 0 Å². The van der Waals surface area contributed by atoms with Crippen LogP contribution in [-0.4, -0.2) is 58.0 Å². The van der Waals surface area contributed by atoms with E-state index < -0.39 is 60.6 Å². The van der Waals surface area contributed by atoms with E-state index in [1.54, 1.807) is 0 Å². The van der Waals surface area contributed by atoms with E-state index in [1.165, 1.54) is 6.92 Å². The largest absolute Gasteiger partial charge is 0.481 e. The highest BCUT2D eigenvalue weighted by atomic mass is 16.4. The molecule has 3 amide bonds. The highest BCUT2D eigenvalue weighted by Gasteiger charge is 2.29. The smallest absolute Gasteiger partial charge is 0.326 e. The van der Waals surface area contributed by atoms with Crippen molar-refractivity contribution in [3.8, 4) is 0 Å². The van der Waals surface area contributed by atoms with Gasteiger partial charge in [0.2, 0.25) is 17.7 Å². The van der Waals surface area contributed by atoms with Gasteiger partial charge in [-0.3, -0.25) is 19.2 Å².